The summed E-state index contributed by atoms with van der Waals surface area (Å²) >= 11 is 0. The van der Waals surface area contributed by atoms with Gasteiger partial charge in [-0.1, -0.05) is 48.5 Å². The summed E-state index contributed by atoms with van der Waals surface area (Å²) in [6.45, 7) is 8.14. The van der Waals surface area contributed by atoms with Crippen LogP contribution in [0.5, 0.6) is 0 Å². The van der Waals surface area contributed by atoms with Gasteiger partial charge < -0.3 is 4.90 Å². The summed E-state index contributed by atoms with van der Waals surface area (Å²) in [5, 5.41) is 0.972. The lowest BCUT2D eigenvalue weighted by molar-refractivity contribution is 0.0771. The van der Waals surface area contributed by atoms with Gasteiger partial charge in [-0.3, -0.25) is 14.7 Å². The van der Waals surface area contributed by atoms with Crippen molar-refractivity contribution in [2.45, 2.75) is 33.4 Å². The third kappa shape index (κ3) is 3.52. The number of pyridine rings is 1. The van der Waals surface area contributed by atoms with Crippen LogP contribution >= 0.6 is 0 Å². The van der Waals surface area contributed by atoms with E-state index in [0.717, 1.165) is 53.8 Å². The first-order valence-corrected chi connectivity index (χ1v) is 10.2. The highest BCUT2D eigenvalue weighted by molar-refractivity contribution is 6.07. The lowest BCUT2D eigenvalue weighted by atomic mass is 9.94. The Bertz CT molecular complexity index is 980. The first-order chi connectivity index (χ1) is 13.7. The lowest BCUT2D eigenvalue weighted by Gasteiger charge is -2.31. The fourth-order valence-corrected chi connectivity index (χ4v) is 4.14. The molecular weight excluding hydrogens is 346 g/mol. The standard InChI is InChI=1S/C24H27N3O/c1-3-27(4-2)24(28)23-19-12-8-9-13-21(19)25-22-14-15-26(17-20(22)23)16-18-10-6-5-7-11-18/h5-13H,3-4,14-17H2,1-2H3. The Morgan fingerprint density at radius 3 is 2.50 bits per heavy atom. The van der Waals surface area contributed by atoms with Crippen molar-refractivity contribution in [2.24, 2.45) is 0 Å². The molecule has 3 aromatic rings. The van der Waals surface area contributed by atoms with E-state index in [0.29, 0.717) is 13.1 Å². The molecule has 1 aliphatic rings. The molecule has 0 radical (unpaired) electrons. The molecule has 1 amide bonds. The van der Waals surface area contributed by atoms with Crippen LogP contribution in [0.1, 0.15) is 41.0 Å². The van der Waals surface area contributed by atoms with Gasteiger partial charge in [-0.25, -0.2) is 0 Å². The number of benzene rings is 2. The number of carbonyl (C=O) groups excluding carboxylic acids is 1. The van der Waals surface area contributed by atoms with E-state index in [9.17, 15) is 4.79 Å². The maximum atomic E-state index is 13.4. The molecule has 0 fully saturated rings. The Morgan fingerprint density at radius 2 is 1.75 bits per heavy atom. The summed E-state index contributed by atoms with van der Waals surface area (Å²) in [4.78, 5) is 22.7. The van der Waals surface area contributed by atoms with Gasteiger partial charge in [0.15, 0.2) is 0 Å². The average molecular weight is 374 g/mol. The van der Waals surface area contributed by atoms with E-state index in [2.05, 4.69) is 29.2 Å². The lowest BCUT2D eigenvalue weighted by Crippen LogP contribution is -2.36. The predicted molar refractivity (Wildman–Crippen MR) is 113 cm³/mol. The van der Waals surface area contributed by atoms with Crippen molar-refractivity contribution in [1.29, 1.82) is 0 Å². The molecule has 2 aromatic carbocycles. The van der Waals surface area contributed by atoms with E-state index in [1.165, 1.54) is 5.56 Å². The minimum Gasteiger partial charge on any atom is -0.339 e. The normalized spacial score (nSPS) is 14.1. The summed E-state index contributed by atoms with van der Waals surface area (Å²) in [6.07, 6.45) is 0.880. The van der Waals surface area contributed by atoms with E-state index in [4.69, 9.17) is 4.98 Å². The Labute approximate surface area is 166 Å². The molecule has 0 saturated carbocycles. The predicted octanol–water partition coefficient (Wildman–Crippen LogP) is 4.28. The zero-order valence-corrected chi connectivity index (χ0v) is 16.7. The number of hydrogen-bond donors (Lipinski definition) is 0. The molecule has 28 heavy (non-hydrogen) atoms. The number of hydrogen-bond acceptors (Lipinski definition) is 3. The molecule has 144 valence electrons. The molecule has 1 aliphatic heterocycles. The monoisotopic (exact) mass is 373 g/mol. The number of para-hydroxylation sites is 1. The van der Waals surface area contributed by atoms with Gasteiger partial charge in [0.2, 0.25) is 0 Å². The van der Waals surface area contributed by atoms with E-state index in [1.54, 1.807) is 0 Å². The first-order valence-electron chi connectivity index (χ1n) is 10.2. The Balaban J connectivity index is 1.77. The maximum absolute atomic E-state index is 13.4. The summed E-state index contributed by atoms with van der Waals surface area (Å²) < 4.78 is 0. The van der Waals surface area contributed by atoms with Gasteiger partial charge >= 0.3 is 0 Å². The third-order valence-corrected chi connectivity index (χ3v) is 5.64. The molecule has 0 spiro atoms. The van der Waals surface area contributed by atoms with Crippen molar-refractivity contribution in [2.75, 3.05) is 19.6 Å². The van der Waals surface area contributed by atoms with Crippen molar-refractivity contribution in [1.82, 2.24) is 14.8 Å². The SMILES string of the molecule is CCN(CC)C(=O)c1c2c(nc3ccccc13)CCN(Cc1ccccc1)C2. The first kappa shape index (κ1) is 18.6. The van der Waals surface area contributed by atoms with Crippen molar-refractivity contribution in [3.63, 3.8) is 0 Å². The minimum absolute atomic E-state index is 0.126. The van der Waals surface area contributed by atoms with Gasteiger partial charge in [-0.05, 0) is 25.5 Å². The van der Waals surface area contributed by atoms with Crippen molar-refractivity contribution < 1.29 is 4.79 Å². The molecule has 0 saturated heterocycles. The van der Waals surface area contributed by atoms with Crippen LogP contribution in [0.3, 0.4) is 0 Å². The molecule has 0 N–H and O–H groups in total. The largest absolute Gasteiger partial charge is 0.339 e. The number of amides is 1. The quantitative estimate of drug-likeness (QED) is 0.670. The van der Waals surface area contributed by atoms with Crippen LogP contribution in [0.4, 0.5) is 0 Å². The molecule has 0 aliphatic carbocycles. The van der Waals surface area contributed by atoms with Crippen LogP contribution in [0.15, 0.2) is 54.6 Å². The van der Waals surface area contributed by atoms with Gasteiger partial charge in [0, 0.05) is 55.8 Å². The molecule has 1 aromatic heterocycles. The molecule has 0 bridgehead atoms. The van der Waals surface area contributed by atoms with Crippen molar-refractivity contribution in [3.05, 3.63) is 77.0 Å². The van der Waals surface area contributed by atoms with Crippen LogP contribution in [-0.4, -0.2) is 40.3 Å². The molecule has 0 unspecified atom stereocenters. The molecule has 4 rings (SSSR count). The number of rotatable bonds is 5. The van der Waals surface area contributed by atoms with E-state index < -0.39 is 0 Å². The highest BCUT2D eigenvalue weighted by atomic mass is 16.2. The molecule has 2 heterocycles. The van der Waals surface area contributed by atoms with Gasteiger partial charge in [0.05, 0.1) is 11.1 Å². The smallest absolute Gasteiger partial charge is 0.254 e. The number of fused-ring (bicyclic) bond motifs is 2. The van der Waals surface area contributed by atoms with Crippen LogP contribution in [0.2, 0.25) is 0 Å². The highest BCUT2D eigenvalue weighted by Crippen LogP contribution is 2.29. The van der Waals surface area contributed by atoms with E-state index >= 15 is 0 Å². The van der Waals surface area contributed by atoms with Crippen molar-refractivity contribution in [3.8, 4) is 0 Å². The van der Waals surface area contributed by atoms with Crippen LogP contribution < -0.4 is 0 Å². The van der Waals surface area contributed by atoms with Crippen LogP contribution in [-0.2, 0) is 19.5 Å². The average Bonchev–Trinajstić information content (AvgIpc) is 2.73. The second kappa shape index (κ2) is 8.11. The van der Waals surface area contributed by atoms with Crippen molar-refractivity contribution >= 4 is 16.8 Å². The zero-order valence-electron chi connectivity index (χ0n) is 16.7. The minimum atomic E-state index is 0.126. The van der Waals surface area contributed by atoms with Gasteiger partial charge in [-0.2, -0.15) is 0 Å². The third-order valence-electron chi connectivity index (χ3n) is 5.64. The molecule has 4 nitrogen and oxygen atoms in total. The summed E-state index contributed by atoms with van der Waals surface area (Å²) in [5.41, 5.74) is 5.27. The Hall–Kier alpha value is -2.72. The zero-order chi connectivity index (χ0) is 19.5. The fourth-order valence-electron chi connectivity index (χ4n) is 4.14. The molecule has 0 atom stereocenters. The highest BCUT2D eigenvalue weighted by Gasteiger charge is 2.27. The van der Waals surface area contributed by atoms with Gasteiger partial charge in [0.25, 0.3) is 5.91 Å². The number of carbonyl (C=O) groups is 1. The number of aromatic nitrogens is 1. The summed E-state index contributed by atoms with van der Waals surface area (Å²) in [7, 11) is 0. The van der Waals surface area contributed by atoms with Crippen LogP contribution in [0, 0.1) is 0 Å². The van der Waals surface area contributed by atoms with E-state index in [-0.39, 0.29) is 5.91 Å². The Morgan fingerprint density at radius 1 is 1.04 bits per heavy atom. The molecular formula is C24H27N3O. The van der Waals surface area contributed by atoms with Gasteiger partial charge in [0.1, 0.15) is 0 Å². The van der Waals surface area contributed by atoms with E-state index in [1.807, 2.05) is 49.1 Å². The van der Waals surface area contributed by atoms with Gasteiger partial charge in [-0.15, -0.1) is 0 Å². The molecule has 4 heteroatoms. The van der Waals surface area contributed by atoms with Crippen LogP contribution in [0.25, 0.3) is 10.9 Å². The second-order valence-corrected chi connectivity index (χ2v) is 7.35. The second-order valence-electron chi connectivity index (χ2n) is 7.35. The topological polar surface area (TPSA) is 36.4 Å². The fraction of sp³-hybridized carbons (Fsp3) is 0.333. The summed E-state index contributed by atoms with van der Waals surface area (Å²) in [5.74, 6) is 0.126. The maximum Gasteiger partial charge on any atom is 0.254 e. The summed E-state index contributed by atoms with van der Waals surface area (Å²) in [6, 6.07) is 18.6. The Kier molecular flexibility index (Phi) is 5.40. The number of nitrogens with zero attached hydrogens (tertiary/aromatic N) is 3.